The Labute approximate surface area is 420 Å². The number of halogens is 1. The number of aromatic nitrogens is 6. The second kappa shape index (κ2) is 32.4. The average molecular weight is 1020 g/mol. The summed E-state index contributed by atoms with van der Waals surface area (Å²) in [5.41, 5.74) is 7.50. The highest BCUT2D eigenvalue weighted by atomic mass is 32.1. The second-order valence-electron chi connectivity index (χ2n) is 18.5. The molecule has 2 aliphatic rings. The third-order valence-electron chi connectivity index (χ3n) is 10.3. The molecule has 1 aromatic carbocycles. The lowest BCUT2D eigenvalue weighted by atomic mass is 9.92. The SMILES string of the molecule is CC(C)(C)CC(=O)N1CCC(O)C1.COC(C)(C)C.Cc1ncsc1-c1ccc(CNC=O)cc1.O=CN1CCN(c2ccc(-c3cn(CCOCCOCCOCCOCC(=O)NF)nn3)nn2)CC1. The van der Waals surface area contributed by atoms with E-state index in [2.05, 4.69) is 68.6 Å². The minimum atomic E-state index is -0.828. The van der Waals surface area contributed by atoms with Crippen molar-refractivity contribution in [2.24, 2.45) is 5.41 Å². The number of hydrogen-bond donors (Lipinski definition) is 3. The van der Waals surface area contributed by atoms with E-state index in [1.807, 2.05) is 57.5 Å². The molecule has 3 N–H and O–H groups in total. The van der Waals surface area contributed by atoms with E-state index >= 15 is 0 Å². The van der Waals surface area contributed by atoms with Crippen molar-refractivity contribution in [1.29, 1.82) is 0 Å². The van der Waals surface area contributed by atoms with E-state index in [-0.39, 0.29) is 42.8 Å². The number of aryl methyl sites for hydroxylation is 1. The highest BCUT2D eigenvalue weighted by Crippen LogP contribution is 2.27. The van der Waals surface area contributed by atoms with Gasteiger partial charge in [-0.3, -0.25) is 19.2 Å². The van der Waals surface area contributed by atoms with Crippen LogP contribution < -0.4 is 15.8 Å². The van der Waals surface area contributed by atoms with Crippen LogP contribution >= 0.6 is 11.3 Å². The Morgan fingerprint density at radius 1 is 0.845 bits per heavy atom. The zero-order valence-corrected chi connectivity index (χ0v) is 43.3. The molecular formula is C48H74FN11O10S. The quantitative estimate of drug-likeness (QED) is 0.0575. The standard InChI is InChI=1S/C21H31FN8O6.C12H12N2OS.C10H19NO2.C5H12O/c22-23-21(32)16-36-14-13-35-12-11-34-10-9-33-8-7-30-15-19(25-27-30)18-1-2-20(26-24-18)29-5-3-28(17-31)4-6-29;1-9-12(16-8-14-9)11-4-2-10(3-5-11)6-13-7-15;1-10(2,3)6-9(13)11-5-4-8(12)7-11;1-5(2,3)6-4/h1-2,15,17H,3-14,16H2,(H,23,32);2-5,7-8H,6H2,1H3,(H,13,15);8,12H,4-7H2,1-3H3;1-4H3. The van der Waals surface area contributed by atoms with Crippen molar-refractivity contribution in [2.75, 3.05) is 104 Å². The fourth-order valence-electron chi connectivity index (χ4n) is 6.27. The summed E-state index contributed by atoms with van der Waals surface area (Å²) in [5.74, 6) is 0.114. The molecule has 71 heavy (non-hydrogen) atoms. The van der Waals surface area contributed by atoms with Crippen LogP contribution in [-0.4, -0.2) is 181 Å². The van der Waals surface area contributed by atoms with Gasteiger partial charge in [0.1, 0.15) is 18.0 Å². The topological polar surface area (TPSA) is 238 Å². The second-order valence-corrected chi connectivity index (χ2v) is 19.3. The van der Waals surface area contributed by atoms with E-state index in [9.17, 15) is 28.8 Å². The molecule has 0 saturated carbocycles. The number of nitrogens with one attached hydrogen (secondary N) is 2. The van der Waals surface area contributed by atoms with Crippen molar-refractivity contribution in [2.45, 2.75) is 86.1 Å². The van der Waals surface area contributed by atoms with Crippen LogP contribution in [0.4, 0.5) is 10.3 Å². The zero-order chi connectivity index (χ0) is 52.1. The Kier molecular flexibility index (Phi) is 27.3. The van der Waals surface area contributed by atoms with E-state index in [0.717, 1.165) is 55.1 Å². The summed E-state index contributed by atoms with van der Waals surface area (Å²) in [5, 5.41) is 28.7. The van der Waals surface area contributed by atoms with Gasteiger partial charge in [-0.05, 0) is 62.8 Å². The number of likely N-dealkylation sites (tertiary alicyclic amines) is 1. The molecule has 2 aliphatic heterocycles. The number of ether oxygens (including phenoxy) is 5. The fraction of sp³-hybridized carbons (Fsp3) is 0.604. The van der Waals surface area contributed by atoms with E-state index < -0.39 is 5.91 Å². The number of hydrogen-bond acceptors (Lipinski definition) is 17. The zero-order valence-electron chi connectivity index (χ0n) is 42.5. The molecule has 0 spiro atoms. The average Bonchev–Trinajstić information content (AvgIpc) is 4.14. The smallest absolute Gasteiger partial charge is 0.273 e. The monoisotopic (exact) mass is 1020 g/mol. The number of anilines is 1. The van der Waals surface area contributed by atoms with E-state index in [0.29, 0.717) is 90.0 Å². The number of amides is 4. The molecule has 21 nitrogen and oxygen atoms in total. The molecular weight excluding hydrogens is 942 g/mol. The van der Waals surface area contributed by atoms with Crippen LogP contribution in [0.1, 0.15) is 65.6 Å². The summed E-state index contributed by atoms with van der Waals surface area (Å²) in [6.45, 7) is 21.6. The van der Waals surface area contributed by atoms with Crippen molar-refractivity contribution in [1.82, 2.24) is 50.8 Å². The number of aliphatic hydroxyl groups is 1. The number of piperazine rings is 1. The number of benzene rings is 1. The molecule has 3 aromatic heterocycles. The summed E-state index contributed by atoms with van der Waals surface area (Å²) < 4.78 is 39.4. The van der Waals surface area contributed by atoms with Crippen molar-refractivity contribution in [3.8, 4) is 21.8 Å². The molecule has 2 saturated heterocycles. The highest BCUT2D eigenvalue weighted by Gasteiger charge is 2.27. The predicted molar refractivity (Wildman–Crippen MR) is 267 cm³/mol. The maximum atomic E-state index is 11.7. The lowest BCUT2D eigenvalue weighted by Gasteiger charge is -2.32. The van der Waals surface area contributed by atoms with Gasteiger partial charge in [-0.1, -0.05) is 50.3 Å². The number of nitrogens with zero attached hydrogens (tertiary/aromatic N) is 9. The highest BCUT2D eigenvalue weighted by molar-refractivity contribution is 7.13. The van der Waals surface area contributed by atoms with Crippen LogP contribution in [-0.2, 0) is 56.0 Å². The van der Waals surface area contributed by atoms with Gasteiger partial charge in [0.05, 0.1) is 86.8 Å². The van der Waals surface area contributed by atoms with Crippen molar-refractivity contribution >= 4 is 41.8 Å². The molecule has 4 aromatic rings. The molecule has 0 bridgehead atoms. The molecule has 1 atom stereocenters. The lowest BCUT2D eigenvalue weighted by Crippen LogP contribution is -2.46. The third kappa shape index (κ3) is 24.9. The first kappa shape index (κ1) is 59.7. The van der Waals surface area contributed by atoms with Gasteiger partial charge < -0.3 is 48.8 Å². The Hall–Kier alpha value is -5.56. The van der Waals surface area contributed by atoms with Gasteiger partial charge in [0, 0.05) is 59.3 Å². The molecule has 4 amide bonds. The summed E-state index contributed by atoms with van der Waals surface area (Å²) in [4.78, 5) is 54.2. The van der Waals surface area contributed by atoms with Crippen molar-refractivity contribution in [3.05, 3.63) is 59.4 Å². The van der Waals surface area contributed by atoms with Gasteiger partial charge in [0.2, 0.25) is 18.7 Å². The molecule has 0 radical (unpaired) electrons. The third-order valence-corrected chi connectivity index (χ3v) is 11.3. The van der Waals surface area contributed by atoms with Gasteiger partial charge in [0.15, 0.2) is 5.82 Å². The number of carbonyl (C=O) groups is 4. The Balaban J connectivity index is 0.000000309. The summed E-state index contributed by atoms with van der Waals surface area (Å²) in [7, 11) is 1.71. The minimum Gasteiger partial charge on any atom is -0.391 e. The van der Waals surface area contributed by atoms with Crippen molar-refractivity contribution in [3.63, 3.8) is 0 Å². The van der Waals surface area contributed by atoms with Crippen LogP contribution in [0.25, 0.3) is 21.8 Å². The normalized spacial score (nSPS) is 14.6. The first-order chi connectivity index (χ1) is 33.9. The van der Waals surface area contributed by atoms with Crippen molar-refractivity contribution < 1.29 is 52.5 Å². The number of methoxy groups -OCH3 is 1. The summed E-state index contributed by atoms with van der Waals surface area (Å²) in [6.07, 6.45) is 4.37. The van der Waals surface area contributed by atoms with Gasteiger partial charge in [0.25, 0.3) is 5.91 Å². The maximum absolute atomic E-state index is 11.7. The fourth-order valence-corrected chi connectivity index (χ4v) is 7.08. The number of rotatable bonds is 22. The van der Waals surface area contributed by atoms with Crippen LogP contribution in [0, 0.1) is 12.3 Å². The Morgan fingerprint density at radius 3 is 1.99 bits per heavy atom. The Bertz CT molecular complexity index is 2110. The number of aliphatic hydroxyl groups excluding tert-OH is 1. The Morgan fingerprint density at radius 2 is 1.48 bits per heavy atom. The first-order valence-corrected chi connectivity index (χ1v) is 24.4. The molecule has 2 fully saturated rings. The van der Waals surface area contributed by atoms with Gasteiger partial charge in [-0.15, -0.1) is 31.1 Å². The molecule has 6 rings (SSSR count). The van der Waals surface area contributed by atoms with Crippen LogP contribution in [0.2, 0.25) is 0 Å². The molecule has 0 aliphatic carbocycles. The predicted octanol–water partition coefficient (Wildman–Crippen LogP) is 3.89. The van der Waals surface area contributed by atoms with Crippen LogP contribution in [0.5, 0.6) is 0 Å². The van der Waals surface area contributed by atoms with E-state index in [4.69, 9.17) is 23.7 Å². The molecule has 23 heteroatoms. The van der Waals surface area contributed by atoms with E-state index in [1.54, 1.807) is 39.1 Å². The number of thiazole rings is 1. The van der Waals surface area contributed by atoms with Gasteiger partial charge in [-0.25, -0.2) is 9.67 Å². The van der Waals surface area contributed by atoms with E-state index in [1.165, 1.54) is 10.4 Å². The summed E-state index contributed by atoms with van der Waals surface area (Å²) >= 11 is 1.64. The lowest BCUT2D eigenvalue weighted by molar-refractivity contribution is -0.132. The molecule has 1 unspecified atom stereocenters. The molecule has 394 valence electrons. The van der Waals surface area contributed by atoms with Crippen LogP contribution in [0.3, 0.4) is 0 Å². The first-order valence-electron chi connectivity index (χ1n) is 23.5. The minimum absolute atomic E-state index is 0.0417. The largest absolute Gasteiger partial charge is 0.391 e. The van der Waals surface area contributed by atoms with Gasteiger partial charge in [-0.2, -0.15) is 5.54 Å². The number of carbonyl (C=O) groups excluding carboxylic acids is 4. The molecule has 5 heterocycles. The summed E-state index contributed by atoms with van der Waals surface area (Å²) in [6, 6.07) is 11.9. The maximum Gasteiger partial charge on any atom is 0.273 e. The van der Waals surface area contributed by atoms with Gasteiger partial charge >= 0.3 is 0 Å². The van der Waals surface area contributed by atoms with Crippen LogP contribution in [0.15, 0.2) is 48.1 Å². The number of β-amino-alcohol motifs (C(OH)–C–C–N with tert-alkyl or cyclic N) is 1.